The fourth-order valence-electron chi connectivity index (χ4n) is 2.32. The van der Waals surface area contributed by atoms with Crippen LogP contribution in [0.5, 0.6) is 0 Å². The molecule has 1 aromatic rings. The molecule has 0 spiro atoms. The van der Waals surface area contributed by atoms with Crippen LogP contribution in [0.2, 0.25) is 0 Å². The summed E-state index contributed by atoms with van der Waals surface area (Å²) in [6.45, 7) is 7.51. The van der Waals surface area contributed by atoms with Crippen LogP contribution in [0.4, 0.5) is 5.13 Å². The van der Waals surface area contributed by atoms with Gasteiger partial charge < -0.3 is 10.8 Å². The van der Waals surface area contributed by atoms with Gasteiger partial charge in [-0.2, -0.15) is 0 Å². The van der Waals surface area contributed by atoms with Crippen molar-refractivity contribution in [2.75, 3.05) is 38.5 Å². The van der Waals surface area contributed by atoms with E-state index in [2.05, 4.69) is 21.7 Å². The predicted molar refractivity (Wildman–Crippen MR) is 74.5 cm³/mol. The monoisotopic (exact) mass is 270 g/mol. The Labute approximate surface area is 112 Å². The fourth-order valence-corrected chi connectivity index (χ4v) is 3.05. The summed E-state index contributed by atoms with van der Waals surface area (Å²) in [4.78, 5) is 10.1. The molecule has 102 valence electrons. The molecule has 18 heavy (non-hydrogen) atoms. The summed E-state index contributed by atoms with van der Waals surface area (Å²) in [7, 11) is 0. The van der Waals surface area contributed by atoms with E-state index in [0.717, 1.165) is 39.1 Å². The van der Waals surface area contributed by atoms with Crippen LogP contribution in [0.1, 0.15) is 18.2 Å². The number of nitrogens with zero attached hydrogens (tertiary/aromatic N) is 3. The van der Waals surface area contributed by atoms with Crippen molar-refractivity contribution in [2.24, 2.45) is 0 Å². The van der Waals surface area contributed by atoms with E-state index >= 15 is 0 Å². The van der Waals surface area contributed by atoms with E-state index in [9.17, 15) is 5.11 Å². The zero-order valence-electron chi connectivity index (χ0n) is 10.9. The van der Waals surface area contributed by atoms with Crippen LogP contribution in [-0.4, -0.2) is 58.7 Å². The number of thiazole rings is 1. The van der Waals surface area contributed by atoms with Gasteiger partial charge in [-0.25, -0.2) is 4.98 Å². The Morgan fingerprint density at radius 1 is 1.44 bits per heavy atom. The third-order valence-corrected chi connectivity index (χ3v) is 4.27. The highest BCUT2D eigenvalue weighted by Crippen LogP contribution is 2.17. The van der Waals surface area contributed by atoms with Gasteiger partial charge >= 0.3 is 0 Å². The van der Waals surface area contributed by atoms with Crippen LogP contribution in [-0.2, 0) is 6.54 Å². The molecule has 5 nitrogen and oxygen atoms in total. The van der Waals surface area contributed by atoms with Crippen LogP contribution in [0, 0.1) is 0 Å². The Hall–Kier alpha value is -0.690. The molecule has 1 atom stereocenters. The van der Waals surface area contributed by atoms with Crippen molar-refractivity contribution in [3.63, 3.8) is 0 Å². The van der Waals surface area contributed by atoms with Crippen molar-refractivity contribution in [1.82, 2.24) is 14.8 Å². The Kier molecular flexibility index (Phi) is 4.94. The van der Waals surface area contributed by atoms with Gasteiger partial charge in [0, 0.05) is 36.8 Å². The van der Waals surface area contributed by atoms with Gasteiger partial charge in [0.25, 0.3) is 0 Å². The molecule has 0 amide bonds. The van der Waals surface area contributed by atoms with Crippen molar-refractivity contribution in [3.05, 3.63) is 11.1 Å². The Morgan fingerprint density at radius 2 is 2.28 bits per heavy atom. The summed E-state index contributed by atoms with van der Waals surface area (Å²) in [6.07, 6.45) is 3.03. The molecule has 0 saturated carbocycles. The highest BCUT2D eigenvalue weighted by atomic mass is 32.1. The zero-order valence-corrected chi connectivity index (χ0v) is 11.7. The number of rotatable bonds is 4. The zero-order chi connectivity index (χ0) is 13.0. The molecule has 2 heterocycles. The van der Waals surface area contributed by atoms with Crippen LogP contribution >= 0.6 is 11.3 Å². The van der Waals surface area contributed by atoms with E-state index in [0.29, 0.717) is 5.13 Å². The van der Waals surface area contributed by atoms with E-state index in [1.807, 2.05) is 6.20 Å². The molecule has 0 aromatic carbocycles. The molecule has 1 fully saturated rings. The molecule has 1 saturated heterocycles. The third kappa shape index (κ3) is 3.65. The maximum absolute atomic E-state index is 9.21. The van der Waals surface area contributed by atoms with Crippen molar-refractivity contribution in [3.8, 4) is 0 Å². The summed E-state index contributed by atoms with van der Waals surface area (Å²) < 4.78 is 0. The SMILES string of the molecule is CC(CO)N1CCCN(Cc2cnc(N)s2)CC1. The van der Waals surface area contributed by atoms with E-state index in [4.69, 9.17) is 5.73 Å². The largest absolute Gasteiger partial charge is 0.395 e. The van der Waals surface area contributed by atoms with Gasteiger partial charge in [0.2, 0.25) is 0 Å². The summed E-state index contributed by atoms with van der Waals surface area (Å²) in [5.74, 6) is 0. The quantitative estimate of drug-likeness (QED) is 0.839. The first-order valence-electron chi connectivity index (χ1n) is 6.46. The van der Waals surface area contributed by atoms with Crippen molar-refractivity contribution in [2.45, 2.75) is 25.9 Å². The average Bonchev–Trinajstić information content (AvgIpc) is 2.64. The van der Waals surface area contributed by atoms with Crippen molar-refractivity contribution >= 4 is 16.5 Å². The highest BCUT2D eigenvalue weighted by molar-refractivity contribution is 7.15. The van der Waals surface area contributed by atoms with Gasteiger partial charge in [-0.1, -0.05) is 0 Å². The average molecular weight is 270 g/mol. The van der Waals surface area contributed by atoms with Gasteiger partial charge in [0.05, 0.1) is 6.61 Å². The number of anilines is 1. The minimum absolute atomic E-state index is 0.241. The normalized spacial score (nSPS) is 20.8. The van der Waals surface area contributed by atoms with Gasteiger partial charge in [0.1, 0.15) is 0 Å². The van der Waals surface area contributed by atoms with Crippen molar-refractivity contribution < 1.29 is 5.11 Å². The number of aliphatic hydroxyl groups excluding tert-OH is 1. The number of hydrogen-bond donors (Lipinski definition) is 2. The molecular weight excluding hydrogens is 248 g/mol. The highest BCUT2D eigenvalue weighted by Gasteiger charge is 2.18. The Balaban J connectivity index is 1.85. The van der Waals surface area contributed by atoms with Crippen LogP contribution in [0.25, 0.3) is 0 Å². The second-order valence-electron chi connectivity index (χ2n) is 4.86. The lowest BCUT2D eigenvalue weighted by Crippen LogP contribution is -2.38. The Morgan fingerprint density at radius 3 is 2.94 bits per heavy atom. The Bertz CT molecular complexity index is 371. The number of hydrogen-bond acceptors (Lipinski definition) is 6. The molecule has 1 unspecified atom stereocenters. The lowest BCUT2D eigenvalue weighted by atomic mass is 10.3. The first-order valence-corrected chi connectivity index (χ1v) is 7.28. The summed E-state index contributed by atoms with van der Waals surface area (Å²) in [5.41, 5.74) is 5.65. The molecule has 1 aliphatic heterocycles. The second-order valence-corrected chi connectivity index (χ2v) is 6.01. The van der Waals surface area contributed by atoms with E-state index in [1.54, 1.807) is 11.3 Å². The smallest absolute Gasteiger partial charge is 0.180 e. The fraction of sp³-hybridized carbons (Fsp3) is 0.750. The van der Waals surface area contributed by atoms with E-state index in [1.165, 1.54) is 4.88 Å². The summed E-state index contributed by atoms with van der Waals surface area (Å²) in [5, 5.41) is 9.86. The lowest BCUT2D eigenvalue weighted by Gasteiger charge is -2.26. The molecule has 0 bridgehead atoms. The number of nitrogens with two attached hydrogens (primary N) is 1. The van der Waals surface area contributed by atoms with Crippen molar-refractivity contribution in [1.29, 1.82) is 0 Å². The van der Waals surface area contributed by atoms with Crippen LogP contribution in [0.3, 0.4) is 0 Å². The minimum Gasteiger partial charge on any atom is -0.395 e. The first-order chi connectivity index (χ1) is 8.69. The number of aliphatic hydroxyl groups is 1. The maximum Gasteiger partial charge on any atom is 0.180 e. The lowest BCUT2D eigenvalue weighted by molar-refractivity contribution is 0.136. The van der Waals surface area contributed by atoms with E-state index in [-0.39, 0.29) is 12.6 Å². The third-order valence-electron chi connectivity index (χ3n) is 3.46. The summed E-state index contributed by atoms with van der Waals surface area (Å²) >= 11 is 1.57. The molecule has 6 heteroatoms. The standard InChI is InChI=1S/C12H22N4OS/c1-10(9-17)16-4-2-3-15(5-6-16)8-11-7-14-12(13)18-11/h7,10,17H,2-6,8-9H2,1H3,(H2,13,14). The van der Waals surface area contributed by atoms with Crippen LogP contribution in [0.15, 0.2) is 6.20 Å². The summed E-state index contributed by atoms with van der Waals surface area (Å²) in [6, 6.07) is 0.268. The van der Waals surface area contributed by atoms with Gasteiger partial charge in [-0.15, -0.1) is 11.3 Å². The molecular formula is C12H22N4OS. The topological polar surface area (TPSA) is 65.6 Å². The molecule has 0 aliphatic carbocycles. The van der Waals surface area contributed by atoms with Crippen LogP contribution < -0.4 is 5.73 Å². The first kappa shape index (κ1) is 13.7. The molecule has 1 aromatic heterocycles. The number of aromatic nitrogens is 1. The molecule has 2 rings (SSSR count). The maximum atomic E-state index is 9.21. The molecule has 0 radical (unpaired) electrons. The van der Waals surface area contributed by atoms with Gasteiger partial charge in [-0.05, 0) is 26.4 Å². The minimum atomic E-state index is 0.241. The second kappa shape index (κ2) is 6.47. The molecule has 1 aliphatic rings. The van der Waals surface area contributed by atoms with E-state index < -0.39 is 0 Å². The predicted octanol–water partition coefficient (Wildman–Crippen LogP) is 0.614. The van der Waals surface area contributed by atoms with Gasteiger partial charge in [-0.3, -0.25) is 9.80 Å². The van der Waals surface area contributed by atoms with Gasteiger partial charge in [0.15, 0.2) is 5.13 Å². The number of nitrogen functional groups attached to an aromatic ring is 1. The molecule has 3 N–H and O–H groups in total.